The van der Waals surface area contributed by atoms with Gasteiger partial charge in [0, 0.05) is 26.1 Å². The highest BCUT2D eigenvalue weighted by atomic mass is 16.3. The van der Waals surface area contributed by atoms with Crippen LogP contribution >= 0.6 is 0 Å². The van der Waals surface area contributed by atoms with Crippen molar-refractivity contribution in [3.05, 3.63) is 24.2 Å². The Morgan fingerprint density at radius 2 is 2.04 bits per heavy atom. The second-order valence-corrected chi connectivity index (χ2v) is 6.85. The van der Waals surface area contributed by atoms with Crippen LogP contribution in [0.1, 0.15) is 50.7 Å². The molecule has 1 saturated carbocycles. The van der Waals surface area contributed by atoms with Crippen LogP contribution in [-0.2, 0) is 16.1 Å². The molecule has 0 aromatic carbocycles. The first-order valence-corrected chi connectivity index (χ1v) is 8.72. The quantitative estimate of drug-likeness (QED) is 0.802. The first kappa shape index (κ1) is 16.1. The molecule has 23 heavy (non-hydrogen) atoms. The molecule has 126 valence electrons. The molecule has 0 radical (unpaired) electrons. The lowest BCUT2D eigenvalue weighted by atomic mass is 10.0. The highest BCUT2D eigenvalue weighted by molar-refractivity contribution is 5.89. The number of hydrogen-bond acceptors (Lipinski definition) is 3. The smallest absolute Gasteiger partial charge is 0.227 e. The van der Waals surface area contributed by atoms with Crippen molar-refractivity contribution < 1.29 is 14.0 Å². The number of furan rings is 1. The zero-order valence-electron chi connectivity index (χ0n) is 13.9. The van der Waals surface area contributed by atoms with Gasteiger partial charge in [-0.05, 0) is 25.0 Å². The van der Waals surface area contributed by atoms with E-state index >= 15 is 0 Å². The maximum absolute atomic E-state index is 12.8. The summed E-state index contributed by atoms with van der Waals surface area (Å²) in [6, 6.07) is 4.03. The summed E-state index contributed by atoms with van der Waals surface area (Å²) in [7, 11) is 1.91. The molecule has 3 rings (SSSR count). The molecule has 1 saturated heterocycles. The normalized spacial score (nSPS) is 23.1. The Morgan fingerprint density at radius 1 is 1.30 bits per heavy atom. The van der Waals surface area contributed by atoms with E-state index in [0.717, 1.165) is 18.6 Å². The molecule has 5 heteroatoms. The number of likely N-dealkylation sites (tertiary alicyclic amines) is 1. The Bertz CT molecular complexity index is 532. The van der Waals surface area contributed by atoms with Crippen molar-refractivity contribution in [2.75, 3.05) is 13.6 Å². The molecule has 0 spiro atoms. The molecule has 1 aliphatic carbocycles. The van der Waals surface area contributed by atoms with Crippen molar-refractivity contribution in [1.29, 1.82) is 0 Å². The first-order chi connectivity index (χ1) is 11.1. The Labute approximate surface area is 137 Å². The molecule has 1 unspecified atom stereocenters. The van der Waals surface area contributed by atoms with Crippen LogP contribution in [0.5, 0.6) is 0 Å². The molecule has 0 bridgehead atoms. The molecule has 2 fully saturated rings. The van der Waals surface area contributed by atoms with Gasteiger partial charge >= 0.3 is 0 Å². The number of carbonyl (C=O) groups excluding carboxylic acids is 2. The van der Waals surface area contributed by atoms with E-state index in [2.05, 4.69) is 0 Å². The van der Waals surface area contributed by atoms with Crippen LogP contribution in [0.25, 0.3) is 0 Å². The minimum absolute atomic E-state index is 0.0500. The highest BCUT2D eigenvalue weighted by Gasteiger charge is 2.37. The zero-order valence-corrected chi connectivity index (χ0v) is 13.9. The Balaban J connectivity index is 1.58. The third kappa shape index (κ3) is 3.77. The maximum Gasteiger partial charge on any atom is 0.227 e. The maximum atomic E-state index is 12.8. The molecule has 1 atom stereocenters. The lowest BCUT2D eigenvalue weighted by Crippen LogP contribution is -2.41. The summed E-state index contributed by atoms with van der Waals surface area (Å²) in [6.45, 7) is 0.970. The van der Waals surface area contributed by atoms with E-state index in [-0.39, 0.29) is 17.7 Å². The number of rotatable bonds is 4. The molecule has 5 nitrogen and oxygen atoms in total. The van der Waals surface area contributed by atoms with Gasteiger partial charge in [-0.3, -0.25) is 9.59 Å². The summed E-state index contributed by atoms with van der Waals surface area (Å²) in [5, 5.41) is 0. The molecular formula is C18H26N2O3. The first-order valence-electron chi connectivity index (χ1n) is 8.72. The standard InChI is InChI=1S/C18H26N2O3/c1-19(15-7-4-2-3-5-8-15)18(22)14-11-17(21)20(12-14)13-16-9-6-10-23-16/h6,9-10,14-15H,2-5,7-8,11-13H2,1H3. The van der Waals surface area contributed by atoms with Crippen molar-refractivity contribution >= 4 is 11.8 Å². The summed E-state index contributed by atoms with van der Waals surface area (Å²) in [6.07, 6.45) is 9.09. The predicted molar refractivity (Wildman–Crippen MR) is 86.5 cm³/mol. The lowest BCUT2D eigenvalue weighted by molar-refractivity contribution is -0.136. The fourth-order valence-electron chi connectivity index (χ4n) is 3.79. The van der Waals surface area contributed by atoms with E-state index in [1.165, 1.54) is 25.7 Å². The van der Waals surface area contributed by atoms with E-state index in [4.69, 9.17) is 4.42 Å². The van der Waals surface area contributed by atoms with Gasteiger partial charge in [-0.25, -0.2) is 0 Å². The molecular weight excluding hydrogens is 292 g/mol. The van der Waals surface area contributed by atoms with Gasteiger partial charge in [-0.1, -0.05) is 25.7 Å². The predicted octanol–water partition coefficient (Wildman–Crippen LogP) is 2.81. The average molecular weight is 318 g/mol. The van der Waals surface area contributed by atoms with E-state index < -0.39 is 0 Å². The van der Waals surface area contributed by atoms with Crippen molar-refractivity contribution in [2.45, 2.75) is 57.5 Å². The van der Waals surface area contributed by atoms with Gasteiger partial charge in [-0.2, -0.15) is 0 Å². The monoisotopic (exact) mass is 318 g/mol. The zero-order chi connectivity index (χ0) is 16.2. The Hall–Kier alpha value is -1.78. The lowest BCUT2D eigenvalue weighted by Gasteiger charge is -2.29. The highest BCUT2D eigenvalue weighted by Crippen LogP contribution is 2.26. The van der Waals surface area contributed by atoms with Gasteiger partial charge in [0.15, 0.2) is 0 Å². The molecule has 2 amide bonds. The molecule has 1 aromatic heterocycles. The van der Waals surface area contributed by atoms with E-state index in [9.17, 15) is 9.59 Å². The number of amides is 2. The minimum Gasteiger partial charge on any atom is -0.467 e. The summed E-state index contributed by atoms with van der Waals surface area (Å²) < 4.78 is 5.31. The second-order valence-electron chi connectivity index (χ2n) is 6.85. The molecule has 2 heterocycles. The topological polar surface area (TPSA) is 53.8 Å². The summed E-state index contributed by atoms with van der Waals surface area (Å²) in [5.41, 5.74) is 0. The van der Waals surface area contributed by atoms with Crippen LogP contribution in [0.15, 0.2) is 22.8 Å². The number of carbonyl (C=O) groups is 2. The minimum atomic E-state index is -0.203. The number of hydrogen-bond donors (Lipinski definition) is 0. The van der Waals surface area contributed by atoms with Gasteiger partial charge in [0.2, 0.25) is 11.8 Å². The van der Waals surface area contributed by atoms with Crippen LogP contribution in [-0.4, -0.2) is 41.2 Å². The van der Waals surface area contributed by atoms with Crippen LogP contribution in [0.4, 0.5) is 0 Å². The Kier molecular flexibility index (Phi) is 5.03. The van der Waals surface area contributed by atoms with Gasteiger partial charge in [-0.15, -0.1) is 0 Å². The van der Waals surface area contributed by atoms with Crippen molar-refractivity contribution in [2.24, 2.45) is 5.92 Å². The van der Waals surface area contributed by atoms with Gasteiger partial charge in [0.05, 0.1) is 18.7 Å². The van der Waals surface area contributed by atoms with Crippen LogP contribution < -0.4 is 0 Å². The largest absolute Gasteiger partial charge is 0.467 e. The third-order valence-electron chi connectivity index (χ3n) is 5.21. The molecule has 1 aromatic rings. The van der Waals surface area contributed by atoms with Gasteiger partial charge < -0.3 is 14.2 Å². The van der Waals surface area contributed by atoms with E-state index in [0.29, 0.717) is 25.6 Å². The average Bonchev–Trinajstić information content (AvgIpc) is 3.09. The summed E-state index contributed by atoms with van der Waals surface area (Å²) in [4.78, 5) is 28.6. The molecule has 2 aliphatic rings. The van der Waals surface area contributed by atoms with Crippen molar-refractivity contribution in [3.63, 3.8) is 0 Å². The van der Waals surface area contributed by atoms with Crippen LogP contribution in [0.2, 0.25) is 0 Å². The fraction of sp³-hybridized carbons (Fsp3) is 0.667. The molecule has 1 aliphatic heterocycles. The van der Waals surface area contributed by atoms with Crippen LogP contribution in [0.3, 0.4) is 0 Å². The fourth-order valence-corrected chi connectivity index (χ4v) is 3.79. The van der Waals surface area contributed by atoms with E-state index in [1.807, 2.05) is 24.1 Å². The summed E-state index contributed by atoms with van der Waals surface area (Å²) in [5.74, 6) is 0.746. The van der Waals surface area contributed by atoms with Crippen molar-refractivity contribution in [1.82, 2.24) is 9.80 Å². The van der Waals surface area contributed by atoms with Crippen molar-refractivity contribution in [3.8, 4) is 0 Å². The second kappa shape index (κ2) is 7.20. The number of nitrogens with zero attached hydrogens (tertiary/aromatic N) is 2. The van der Waals surface area contributed by atoms with Gasteiger partial charge in [0.1, 0.15) is 5.76 Å². The SMILES string of the molecule is CN(C(=O)C1CC(=O)N(Cc2ccco2)C1)C1CCCCCC1. The summed E-state index contributed by atoms with van der Waals surface area (Å²) >= 11 is 0. The van der Waals surface area contributed by atoms with Gasteiger partial charge in [0.25, 0.3) is 0 Å². The third-order valence-corrected chi connectivity index (χ3v) is 5.21. The Morgan fingerprint density at radius 3 is 2.70 bits per heavy atom. The van der Waals surface area contributed by atoms with E-state index in [1.54, 1.807) is 11.2 Å². The van der Waals surface area contributed by atoms with Crippen LogP contribution in [0, 0.1) is 5.92 Å². The molecule has 0 N–H and O–H groups in total.